The molecule has 102 valence electrons. The van der Waals surface area contributed by atoms with Crippen LogP contribution in [0.4, 0.5) is 4.79 Å². The summed E-state index contributed by atoms with van der Waals surface area (Å²) in [5.74, 6) is 0. The first-order chi connectivity index (χ1) is 9.15. The number of rotatable bonds is 5. The first-order valence-corrected chi connectivity index (χ1v) is 7.12. The van der Waals surface area contributed by atoms with Gasteiger partial charge < -0.3 is 14.6 Å². The zero-order valence-electron chi connectivity index (χ0n) is 11.1. The van der Waals surface area contributed by atoms with Crippen LogP contribution in [0.2, 0.25) is 0 Å². The van der Waals surface area contributed by atoms with Crippen LogP contribution in [0.5, 0.6) is 0 Å². The molecule has 2 aromatic rings. The minimum absolute atomic E-state index is 0.0513. The standard InChI is InChI=1S/C14H18N2O2S/c1-11(2)15-14(17)16(8-12-5-6-18-10-12)9-13-4-3-7-19-13/h3-7,10-11H,8-9H2,1-2H3,(H,15,17). The van der Waals surface area contributed by atoms with Crippen molar-refractivity contribution in [1.82, 2.24) is 10.2 Å². The summed E-state index contributed by atoms with van der Waals surface area (Å²) in [6.07, 6.45) is 3.29. The number of thiophene rings is 1. The fourth-order valence-electron chi connectivity index (χ4n) is 1.73. The van der Waals surface area contributed by atoms with E-state index >= 15 is 0 Å². The molecule has 0 saturated carbocycles. The van der Waals surface area contributed by atoms with Gasteiger partial charge in [-0.2, -0.15) is 0 Å². The lowest BCUT2D eigenvalue weighted by atomic mass is 10.3. The van der Waals surface area contributed by atoms with Crippen LogP contribution in [0.3, 0.4) is 0 Å². The minimum atomic E-state index is -0.0513. The third-order valence-corrected chi connectivity index (χ3v) is 3.44. The molecule has 2 amide bonds. The largest absolute Gasteiger partial charge is 0.472 e. The molecule has 0 fully saturated rings. The number of carbonyl (C=O) groups excluding carboxylic acids is 1. The Balaban J connectivity index is 2.05. The predicted octanol–water partition coefficient (Wildman–Crippen LogP) is 3.46. The van der Waals surface area contributed by atoms with E-state index in [0.29, 0.717) is 13.1 Å². The summed E-state index contributed by atoms with van der Waals surface area (Å²) in [5, 5.41) is 4.95. The molecule has 0 unspecified atom stereocenters. The molecule has 2 aromatic heterocycles. The van der Waals surface area contributed by atoms with Gasteiger partial charge in [0.15, 0.2) is 0 Å². The second kappa shape index (κ2) is 6.43. The maximum absolute atomic E-state index is 12.2. The fraction of sp³-hybridized carbons (Fsp3) is 0.357. The zero-order chi connectivity index (χ0) is 13.7. The first kappa shape index (κ1) is 13.7. The Morgan fingerprint density at radius 1 is 1.42 bits per heavy atom. The van der Waals surface area contributed by atoms with Gasteiger partial charge in [-0.1, -0.05) is 6.07 Å². The highest BCUT2D eigenvalue weighted by Gasteiger charge is 2.16. The van der Waals surface area contributed by atoms with Crippen molar-refractivity contribution in [2.75, 3.05) is 0 Å². The van der Waals surface area contributed by atoms with Crippen LogP contribution in [0.25, 0.3) is 0 Å². The highest BCUT2D eigenvalue weighted by molar-refractivity contribution is 7.09. The normalized spacial score (nSPS) is 10.7. The van der Waals surface area contributed by atoms with Crippen molar-refractivity contribution in [2.24, 2.45) is 0 Å². The van der Waals surface area contributed by atoms with Crippen LogP contribution in [-0.2, 0) is 13.1 Å². The van der Waals surface area contributed by atoms with E-state index in [1.54, 1.807) is 28.8 Å². The van der Waals surface area contributed by atoms with Crippen LogP contribution in [0.15, 0.2) is 40.5 Å². The molecular weight excluding hydrogens is 260 g/mol. The molecule has 0 saturated heterocycles. The Hall–Kier alpha value is -1.75. The predicted molar refractivity (Wildman–Crippen MR) is 75.9 cm³/mol. The van der Waals surface area contributed by atoms with Crippen LogP contribution in [-0.4, -0.2) is 17.0 Å². The summed E-state index contributed by atoms with van der Waals surface area (Å²) in [5.41, 5.74) is 0.996. The number of nitrogens with one attached hydrogen (secondary N) is 1. The quantitative estimate of drug-likeness (QED) is 0.910. The van der Waals surface area contributed by atoms with E-state index < -0.39 is 0 Å². The van der Waals surface area contributed by atoms with Crippen molar-refractivity contribution in [2.45, 2.75) is 33.0 Å². The molecule has 0 aliphatic rings. The van der Waals surface area contributed by atoms with Crippen molar-refractivity contribution in [3.8, 4) is 0 Å². The van der Waals surface area contributed by atoms with Gasteiger partial charge in [0.1, 0.15) is 0 Å². The highest BCUT2D eigenvalue weighted by Crippen LogP contribution is 2.15. The van der Waals surface area contributed by atoms with E-state index in [9.17, 15) is 4.79 Å². The Morgan fingerprint density at radius 3 is 2.84 bits per heavy atom. The number of hydrogen-bond acceptors (Lipinski definition) is 3. The molecule has 2 heterocycles. The highest BCUT2D eigenvalue weighted by atomic mass is 32.1. The number of urea groups is 1. The van der Waals surface area contributed by atoms with E-state index in [1.807, 2.05) is 37.4 Å². The van der Waals surface area contributed by atoms with E-state index in [4.69, 9.17) is 4.42 Å². The van der Waals surface area contributed by atoms with Gasteiger partial charge in [-0.05, 0) is 31.4 Å². The van der Waals surface area contributed by atoms with Gasteiger partial charge in [0.2, 0.25) is 0 Å². The van der Waals surface area contributed by atoms with E-state index in [-0.39, 0.29) is 12.1 Å². The smallest absolute Gasteiger partial charge is 0.318 e. The van der Waals surface area contributed by atoms with Crippen molar-refractivity contribution in [1.29, 1.82) is 0 Å². The lowest BCUT2D eigenvalue weighted by molar-refractivity contribution is 0.190. The maximum Gasteiger partial charge on any atom is 0.318 e. The Labute approximate surface area is 117 Å². The van der Waals surface area contributed by atoms with Gasteiger partial charge in [-0.15, -0.1) is 11.3 Å². The topological polar surface area (TPSA) is 45.5 Å². The first-order valence-electron chi connectivity index (χ1n) is 6.24. The molecule has 0 bridgehead atoms. The monoisotopic (exact) mass is 278 g/mol. The summed E-state index contributed by atoms with van der Waals surface area (Å²) in [7, 11) is 0. The molecule has 5 heteroatoms. The van der Waals surface area contributed by atoms with Crippen molar-refractivity contribution in [3.63, 3.8) is 0 Å². The number of amides is 2. The molecular formula is C14H18N2O2S. The summed E-state index contributed by atoms with van der Waals surface area (Å²) < 4.78 is 5.06. The third-order valence-electron chi connectivity index (χ3n) is 2.58. The SMILES string of the molecule is CC(C)NC(=O)N(Cc1ccoc1)Cc1cccs1. The minimum Gasteiger partial charge on any atom is -0.472 e. The number of furan rings is 1. The fourth-order valence-corrected chi connectivity index (χ4v) is 2.45. The third kappa shape index (κ3) is 4.13. The van der Waals surface area contributed by atoms with Crippen LogP contribution < -0.4 is 5.32 Å². The Kier molecular flexibility index (Phi) is 4.63. The summed E-state index contributed by atoms with van der Waals surface area (Å²) in [6, 6.07) is 5.99. The number of hydrogen-bond donors (Lipinski definition) is 1. The van der Waals surface area contributed by atoms with Gasteiger partial charge in [0.05, 0.1) is 25.6 Å². The molecule has 1 N–H and O–H groups in total. The average molecular weight is 278 g/mol. The van der Waals surface area contributed by atoms with E-state index in [1.165, 1.54) is 4.88 Å². The molecule has 2 rings (SSSR count). The molecule has 0 aliphatic heterocycles. The van der Waals surface area contributed by atoms with Gasteiger partial charge in [-0.3, -0.25) is 0 Å². The Morgan fingerprint density at radius 2 is 2.26 bits per heavy atom. The van der Waals surface area contributed by atoms with Crippen LogP contribution in [0.1, 0.15) is 24.3 Å². The second-order valence-corrected chi connectivity index (χ2v) is 5.70. The summed E-state index contributed by atoms with van der Waals surface area (Å²) in [4.78, 5) is 15.2. The van der Waals surface area contributed by atoms with Gasteiger partial charge in [-0.25, -0.2) is 4.79 Å². The number of nitrogens with zero attached hydrogens (tertiary/aromatic N) is 1. The van der Waals surface area contributed by atoms with Gasteiger partial charge in [0, 0.05) is 16.5 Å². The van der Waals surface area contributed by atoms with Crippen LogP contribution in [0, 0.1) is 0 Å². The maximum atomic E-state index is 12.2. The lowest BCUT2D eigenvalue weighted by Crippen LogP contribution is -2.42. The van der Waals surface area contributed by atoms with Gasteiger partial charge in [0.25, 0.3) is 0 Å². The Bertz CT molecular complexity index is 455. The van der Waals surface area contributed by atoms with Gasteiger partial charge >= 0.3 is 6.03 Å². The lowest BCUT2D eigenvalue weighted by Gasteiger charge is -2.23. The van der Waals surface area contributed by atoms with Crippen molar-refractivity contribution in [3.05, 3.63) is 46.5 Å². The summed E-state index contributed by atoms with van der Waals surface area (Å²) in [6.45, 7) is 5.08. The van der Waals surface area contributed by atoms with Crippen molar-refractivity contribution < 1.29 is 9.21 Å². The van der Waals surface area contributed by atoms with Crippen molar-refractivity contribution >= 4 is 17.4 Å². The average Bonchev–Trinajstić information content (AvgIpc) is 2.99. The number of carbonyl (C=O) groups is 1. The van der Waals surface area contributed by atoms with E-state index in [0.717, 1.165) is 5.56 Å². The van der Waals surface area contributed by atoms with E-state index in [2.05, 4.69) is 5.32 Å². The molecule has 0 aliphatic carbocycles. The second-order valence-electron chi connectivity index (χ2n) is 4.67. The summed E-state index contributed by atoms with van der Waals surface area (Å²) >= 11 is 1.66. The molecule has 19 heavy (non-hydrogen) atoms. The van der Waals surface area contributed by atoms with Crippen LogP contribution >= 0.6 is 11.3 Å². The molecule has 0 radical (unpaired) electrons. The molecule has 4 nitrogen and oxygen atoms in total. The molecule has 0 atom stereocenters. The molecule has 0 aromatic carbocycles. The molecule has 0 spiro atoms. The zero-order valence-corrected chi connectivity index (χ0v) is 11.9.